The van der Waals surface area contributed by atoms with Gasteiger partial charge in [0.25, 0.3) is 5.91 Å². The van der Waals surface area contributed by atoms with Gasteiger partial charge in [-0.15, -0.1) is 11.3 Å². The quantitative estimate of drug-likeness (QED) is 0.762. The molecule has 1 amide bonds. The summed E-state index contributed by atoms with van der Waals surface area (Å²) in [6, 6.07) is 3.53. The van der Waals surface area contributed by atoms with Crippen molar-refractivity contribution < 1.29 is 4.79 Å². The highest BCUT2D eigenvalue weighted by molar-refractivity contribution is 7.15. The molecule has 1 aliphatic rings. The van der Waals surface area contributed by atoms with Gasteiger partial charge in [0.15, 0.2) is 10.8 Å². The van der Waals surface area contributed by atoms with Crippen LogP contribution >= 0.6 is 11.3 Å². The number of nitrogens with one attached hydrogen (secondary N) is 1. The van der Waals surface area contributed by atoms with Gasteiger partial charge in [0.1, 0.15) is 5.69 Å². The van der Waals surface area contributed by atoms with Crippen LogP contribution in [-0.2, 0) is 18.3 Å². The van der Waals surface area contributed by atoms with Gasteiger partial charge in [0.05, 0.1) is 17.6 Å². The van der Waals surface area contributed by atoms with Crippen LogP contribution in [0.1, 0.15) is 60.4 Å². The van der Waals surface area contributed by atoms with E-state index in [-0.39, 0.29) is 11.3 Å². The standard InChI is InChI=1S/C18H21N5OS/c1-18(2,3)14-10-23-15(20-14)9-8-12(22-23)16(24)21-17-19-11-6-4-5-7-13(11)25-17/h8-10H,4-7H2,1-3H3,(H,19,21,24). The fourth-order valence-corrected chi connectivity index (χ4v) is 3.98. The number of carbonyl (C=O) groups excluding carboxylic acids is 1. The van der Waals surface area contributed by atoms with Gasteiger partial charge in [-0.3, -0.25) is 10.1 Å². The summed E-state index contributed by atoms with van der Waals surface area (Å²) in [6.45, 7) is 6.31. The first-order chi connectivity index (χ1) is 11.9. The summed E-state index contributed by atoms with van der Waals surface area (Å²) in [7, 11) is 0. The Hall–Kier alpha value is -2.28. The molecule has 0 bridgehead atoms. The minimum atomic E-state index is -0.237. The van der Waals surface area contributed by atoms with Crippen molar-refractivity contribution in [1.29, 1.82) is 0 Å². The molecule has 4 rings (SSSR count). The number of imidazole rings is 1. The fraction of sp³-hybridized carbons (Fsp3) is 0.444. The van der Waals surface area contributed by atoms with Crippen molar-refractivity contribution in [3.8, 4) is 0 Å². The second kappa shape index (κ2) is 5.91. The maximum absolute atomic E-state index is 12.5. The van der Waals surface area contributed by atoms with Gasteiger partial charge in [-0.2, -0.15) is 5.10 Å². The predicted molar refractivity (Wildman–Crippen MR) is 98.4 cm³/mol. The molecule has 6 nitrogen and oxygen atoms in total. The number of thiazole rings is 1. The summed E-state index contributed by atoms with van der Waals surface area (Å²) in [5, 5.41) is 7.96. The topological polar surface area (TPSA) is 72.2 Å². The molecule has 0 spiro atoms. The third-order valence-electron chi connectivity index (χ3n) is 4.39. The number of amides is 1. The second-order valence-corrected chi connectivity index (χ2v) is 8.53. The summed E-state index contributed by atoms with van der Waals surface area (Å²) in [5.74, 6) is -0.237. The number of fused-ring (bicyclic) bond motifs is 2. The van der Waals surface area contributed by atoms with Crippen molar-refractivity contribution in [3.63, 3.8) is 0 Å². The van der Waals surface area contributed by atoms with E-state index < -0.39 is 0 Å². The number of hydrogen-bond acceptors (Lipinski definition) is 5. The highest BCUT2D eigenvalue weighted by Gasteiger charge is 2.20. The number of anilines is 1. The SMILES string of the molecule is CC(C)(C)c1cn2nc(C(=O)Nc3nc4c(s3)CCCC4)ccc2n1. The minimum absolute atomic E-state index is 0.0594. The van der Waals surface area contributed by atoms with Crippen LogP contribution in [0.25, 0.3) is 5.65 Å². The van der Waals surface area contributed by atoms with Crippen molar-refractivity contribution in [1.82, 2.24) is 19.6 Å². The van der Waals surface area contributed by atoms with Crippen LogP contribution in [0.4, 0.5) is 5.13 Å². The molecule has 130 valence electrons. The fourth-order valence-electron chi connectivity index (χ4n) is 2.93. The predicted octanol–water partition coefficient (Wildman–Crippen LogP) is 3.61. The second-order valence-electron chi connectivity index (χ2n) is 7.45. The molecular formula is C18H21N5OS. The van der Waals surface area contributed by atoms with Gasteiger partial charge in [-0.25, -0.2) is 14.5 Å². The van der Waals surface area contributed by atoms with E-state index in [2.05, 4.69) is 41.2 Å². The van der Waals surface area contributed by atoms with E-state index in [9.17, 15) is 4.79 Å². The molecular weight excluding hydrogens is 334 g/mol. The number of aryl methyl sites for hydroxylation is 2. The minimum Gasteiger partial charge on any atom is -0.296 e. The third kappa shape index (κ3) is 3.16. The number of nitrogens with zero attached hydrogens (tertiary/aromatic N) is 4. The van der Waals surface area contributed by atoms with Crippen molar-refractivity contribution in [2.75, 3.05) is 5.32 Å². The molecule has 3 heterocycles. The van der Waals surface area contributed by atoms with Gasteiger partial charge >= 0.3 is 0 Å². The van der Waals surface area contributed by atoms with E-state index >= 15 is 0 Å². The Kier molecular flexibility index (Phi) is 3.83. The molecule has 1 aliphatic carbocycles. The summed E-state index contributed by atoms with van der Waals surface area (Å²) in [5.41, 5.74) is 3.13. The lowest BCUT2D eigenvalue weighted by atomic mass is 9.93. The first-order valence-corrected chi connectivity index (χ1v) is 9.39. The Morgan fingerprint density at radius 3 is 2.76 bits per heavy atom. The van der Waals surface area contributed by atoms with E-state index in [0.717, 1.165) is 29.9 Å². The monoisotopic (exact) mass is 355 g/mol. The van der Waals surface area contributed by atoms with Crippen LogP contribution in [0, 0.1) is 0 Å². The van der Waals surface area contributed by atoms with Crippen molar-refractivity contribution >= 4 is 28.0 Å². The zero-order valence-corrected chi connectivity index (χ0v) is 15.5. The Bertz CT molecular complexity index is 927. The van der Waals surface area contributed by atoms with Crippen LogP contribution in [0.2, 0.25) is 0 Å². The lowest BCUT2D eigenvalue weighted by Crippen LogP contribution is -2.15. The van der Waals surface area contributed by atoms with E-state index in [1.54, 1.807) is 21.9 Å². The molecule has 3 aromatic heterocycles. The summed E-state index contributed by atoms with van der Waals surface area (Å²) in [4.78, 5) is 23.0. The maximum Gasteiger partial charge on any atom is 0.277 e. The van der Waals surface area contributed by atoms with E-state index in [0.29, 0.717) is 10.8 Å². The lowest BCUT2D eigenvalue weighted by Gasteiger charge is -2.13. The molecule has 0 atom stereocenters. The van der Waals surface area contributed by atoms with E-state index in [1.807, 2.05) is 12.3 Å². The highest BCUT2D eigenvalue weighted by Crippen LogP contribution is 2.29. The van der Waals surface area contributed by atoms with Crippen LogP contribution in [0.3, 0.4) is 0 Å². The molecule has 1 N–H and O–H groups in total. The Balaban J connectivity index is 1.58. The molecule has 0 aromatic carbocycles. The van der Waals surface area contributed by atoms with Gasteiger partial charge in [-0.05, 0) is 37.8 Å². The molecule has 0 unspecified atom stereocenters. The average Bonchev–Trinajstić information content (AvgIpc) is 3.16. The van der Waals surface area contributed by atoms with Crippen LogP contribution in [0.15, 0.2) is 18.3 Å². The summed E-state index contributed by atoms with van der Waals surface area (Å²) in [6.07, 6.45) is 6.35. The molecule has 0 aliphatic heterocycles. The average molecular weight is 355 g/mol. The van der Waals surface area contributed by atoms with Gasteiger partial charge in [-0.1, -0.05) is 20.8 Å². The Morgan fingerprint density at radius 2 is 2.00 bits per heavy atom. The van der Waals surface area contributed by atoms with Crippen molar-refractivity contribution in [3.05, 3.63) is 40.3 Å². The Morgan fingerprint density at radius 1 is 1.20 bits per heavy atom. The van der Waals surface area contributed by atoms with Gasteiger partial charge in [0.2, 0.25) is 0 Å². The lowest BCUT2D eigenvalue weighted by molar-refractivity contribution is 0.102. The third-order valence-corrected chi connectivity index (χ3v) is 5.46. The maximum atomic E-state index is 12.5. The van der Waals surface area contributed by atoms with Crippen LogP contribution in [-0.4, -0.2) is 25.5 Å². The number of rotatable bonds is 2. The van der Waals surface area contributed by atoms with E-state index in [4.69, 9.17) is 0 Å². The smallest absolute Gasteiger partial charge is 0.277 e. The molecule has 7 heteroatoms. The molecule has 0 saturated carbocycles. The van der Waals surface area contributed by atoms with Crippen molar-refractivity contribution in [2.45, 2.75) is 51.9 Å². The first kappa shape index (κ1) is 16.2. The molecule has 0 saturated heterocycles. The summed E-state index contributed by atoms with van der Waals surface area (Å²) < 4.78 is 1.67. The zero-order chi connectivity index (χ0) is 17.6. The number of hydrogen-bond donors (Lipinski definition) is 1. The largest absolute Gasteiger partial charge is 0.296 e. The molecule has 0 fully saturated rings. The van der Waals surface area contributed by atoms with Crippen LogP contribution in [0.5, 0.6) is 0 Å². The normalized spacial score (nSPS) is 14.5. The van der Waals surface area contributed by atoms with Crippen molar-refractivity contribution in [2.24, 2.45) is 0 Å². The summed E-state index contributed by atoms with van der Waals surface area (Å²) >= 11 is 1.58. The molecule has 0 radical (unpaired) electrons. The van der Waals surface area contributed by atoms with Crippen LogP contribution < -0.4 is 5.32 Å². The van der Waals surface area contributed by atoms with Gasteiger partial charge < -0.3 is 0 Å². The highest BCUT2D eigenvalue weighted by atomic mass is 32.1. The zero-order valence-electron chi connectivity index (χ0n) is 14.7. The van der Waals surface area contributed by atoms with Gasteiger partial charge in [0, 0.05) is 10.3 Å². The Labute approximate surface area is 150 Å². The van der Waals surface area contributed by atoms with E-state index in [1.165, 1.54) is 17.7 Å². The molecule has 25 heavy (non-hydrogen) atoms. The first-order valence-electron chi connectivity index (χ1n) is 8.57. The number of carbonyl (C=O) groups is 1. The molecule has 3 aromatic rings. The number of aromatic nitrogens is 4.